The predicted octanol–water partition coefficient (Wildman–Crippen LogP) is 1.49. The Hall–Kier alpha value is -1.14. The van der Waals surface area contributed by atoms with Gasteiger partial charge in [-0.25, -0.2) is 17.5 Å². The first kappa shape index (κ1) is 12.3. The molecule has 1 aromatic carbocycles. The zero-order valence-corrected chi connectivity index (χ0v) is 10.3. The average molecular weight is 258 g/mol. The Kier molecular flexibility index (Phi) is 2.87. The van der Waals surface area contributed by atoms with Crippen molar-refractivity contribution in [3.63, 3.8) is 0 Å². The third-order valence-corrected chi connectivity index (χ3v) is 4.51. The van der Waals surface area contributed by atoms with E-state index in [2.05, 4.69) is 4.72 Å². The Morgan fingerprint density at radius 3 is 2.71 bits per heavy atom. The van der Waals surface area contributed by atoms with Gasteiger partial charge < -0.3 is 5.73 Å². The standard InChI is InChI=1S/C11H15FN2O2S/c1-11(4-5-11)7-14-17(15,16)10-6-8(12)2-3-9(10)13/h2-3,6,14H,4-5,7,13H2,1H3. The second-order valence-electron chi connectivity index (χ2n) is 4.82. The second-order valence-corrected chi connectivity index (χ2v) is 6.55. The van der Waals surface area contributed by atoms with E-state index in [1.807, 2.05) is 6.92 Å². The van der Waals surface area contributed by atoms with Crippen LogP contribution in [0, 0.1) is 11.2 Å². The van der Waals surface area contributed by atoms with Gasteiger partial charge in [0.15, 0.2) is 0 Å². The summed E-state index contributed by atoms with van der Waals surface area (Å²) < 4.78 is 39.3. The van der Waals surface area contributed by atoms with Gasteiger partial charge in [0.25, 0.3) is 0 Å². The van der Waals surface area contributed by atoms with Crippen molar-refractivity contribution < 1.29 is 12.8 Å². The van der Waals surface area contributed by atoms with Crippen molar-refractivity contribution in [3.8, 4) is 0 Å². The molecule has 0 atom stereocenters. The van der Waals surface area contributed by atoms with Crippen molar-refractivity contribution in [2.75, 3.05) is 12.3 Å². The lowest BCUT2D eigenvalue weighted by Crippen LogP contribution is -2.29. The Bertz CT molecular complexity index is 538. The number of halogens is 1. The van der Waals surface area contributed by atoms with E-state index in [1.54, 1.807) is 0 Å². The van der Waals surface area contributed by atoms with E-state index in [9.17, 15) is 12.8 Å². The molecule has 17 heavy (non-hydrogen) atoms. The molecule has 2 rings (SSSR count). The number of benzene rings is 1. The molecular weight excluding hydrogens is 243 g/mol. The molecule has 0 spiro atoms. The largest absolute Gasteiger partial charge is 0.398 e. The molecule has 0 aromatic heterocycles. The van der Waals surface area contributed by atoms with Gasteiger partial charge in [-0.2, -0.15) is 0 Å². The lowest BCUT2D eigenvalue weighted by atomic mass is 10.2. The minimum absolute atomic E-state index is 0.0508. The van der Waals surface area contributed by atoms with Crippen molar-refractivity contribution in [2.45, 2.75) is 24.7 Å². The van der Waals surface area contributed by atoms with Gasteiger partial charge in [0.05, 0.1) is 5.69 Å². The van der Waals surface area contributed by atoms with E-state index in [4.69, 9.17) is 5.73 Å². The molecular formula is C11H15FN2O2S. The molecule has 0 unspecified atom stereocenters. The summed E-state index contributed by atoms with van der Waals surface area (Å²) in [6.07, 6.45) is 2.02. The third-order valence-electron chi connectivity index (χ3n) is 3.06. The van der Waals surface area contributed by atoms with Crippen LogP contribution in [0.1, 0.15) is 19.8 Å². The number of hydrogen-bond acceptors (Lipinski definition) is 3. The molecule has 3 N–H and O–H groups in total. The topological polar surface area (TPSA) is 72.2 Å². The van der Waals surface area contributed by atoms with Crippen LogP contribution in [0.4, 0.5) is 10.1 Å². The maximum atomic E-state index is 13.0. The maximum absolute atomic E-state index is 13.0. The molecule has 1 aromatic rings. The molecule has 0 bridgehead atoms. The highest BCUT2D eigenvalue weighted by Gasteiger charge is 2.38. The number of hydrogen-bond donors (Lipinski definition) is 2. The first-order chi connectivity index (χ1) is 7.82. The molecule has 0 amide bonds. The van der Waals surface area contributed by atoms with Crippen LogP contribution in [0.3, 0.4) is 0 Å². The van der Waals surface area contributed by atoms with Crippen LogP contribution in [0.2, 0.25) is 0 Å². The number of anilines is 1. The van der Waals surface area contributed by atoms with Crippen LogP contribution < -0.4 is 10.5 Å². The van der Waals surface area contributed by atoms with E-state index < -0.39 is 15.8 Å². The quantitative estimate of drug-likeness (QED) is 0.804. The van der Waals surface area contributed by atoms with Crippen LogP contribution in [0.25, 0.3) is 0 Å². The monoisotopic (exact) mass is 258 g/mol. The van der Waals surface area contributed by atoms with Crippen molar-refractivity contribution in [3.05, 3.63) is 24.0 Å². The molecule has 0 radical (unpaired) electrons. The highest BCUT2D eigenvalue weighted by molar-refractivity contribution is 7.89. The average Bonchev–Trinajstić information content (AvgIpc) is 2.98. The summed E-state index contributed by atoms with van der Waals surface area (Å²) in [6, 6.07) is 3.33. The van der Waals surface area contributed by atoms with Gasteiger partial charge in [-0.1, -0.05) is 6.92 Å². The van der Waals surface area contributed by atoms with Crippen LogP contribution in [-0.4, -0.2) is 15.0 Å². The van der Waals surface area contributed by atoms with E-state index in [-0.39, 0.29) is 16.0 Å². The lowest BCUT2D eigenvalue weighted by molar-refractivity contribution is 0.530. The fourth-order valence-corrected chi connectivity index (χ4v) is 2.82. The van der Waals surface area contributed by atoms with Crippen LogP contribution in [0.15, 0.2) is 23.1 Å². The SMILES string of the molecule is CC1(CNS(=O)(=O)c2cc(F)ccc2N)CC1. The number of nitrogen functional groups attached to an aromatic ring is 1. The molecule has 94 valence electrons. The van der Waals surface area contributed by atoms with E-state index >= 15 is 0 Å². The van der Waals surface area contributed by atoms with Gasteiger partial charge >= 0.3 is 0 Å². The first-order valence-corrected chi connectivity index (χ1v) is 6.85. The summed E-state index contributed by atoms with van der Waals surface area (Å²) >= 11 is 0. The summed E-state index contributed by atoms with van der Waals surface area (Å²) in [7, 11) is -3.72. The van der Waals surface area contributed by atoms with Crippen molar-refractivity contribution in [1.82, 2.24) is 4.72 Å². The fourth-order valence-electron chi connectivity index (χ4n) is 1.48. The molecule has 1 aliphatic rings. The van der Waals surface area contributed by atoms with E-state index in [0.29, 0.717) is 6.54 Å². The Balaban J connectivity index is 2.21. The van der Waals surface area contributed by atoms with Gasteiger partial charge in [0.1, 0.15) is 10.7 Å². The minimum atomic E-state index is -3.72. The van der Waals surface area contributed by atoms with Crippen LogP contribution in [0.5, 0.6) is 0 Å². The summed E-state index contributed by atoms with van der Waals surface area (Å²) in [6.45, 7) is 2.37. The highest BCUT2D eigenvalue weighted by atomic mass is 32.2. The summed E-state index contributed by atoms with van der Waals surface area (Å²) in [5.41, 5.74) is 5.65. The molecule has 1 fully saturated rings. The normalized spacial score (nSPS) is 18.0. The fraction of sp³-hybridized carbons (Fsp3) is 0.455. The Morgan fingerprint density at radius 1 is 1.47 bits per heavy atom. The Morgan fingerprint density at radius 2 is 2.12 bits per heavy atom. The molecule has 1 aliphatic carbocycles. The van der Waals surface area contributed by atoms with Gasteiger partial charge in [0, 0.05) is 6.54 Å². The highest BCUT2D eigenvalue weighted by Crippen LogP contribution is 2.44. The Labute approximate surface area is 100 Å². The predicted molar refractivity (Wildman–Crippen MR) is 63.3 cm³/mol. The van der Waals surface area contributed by atoms with Gasteiger partial charge in [-0.15, -0.1) is 0 Å². The first-order valence-electron chi connectivity index (χ1n) is 5.37. The molecule has 6 heteroatoms. The smallest absolute Gasteiger partial charge is 0.242 e. The maximum Gasteiger partial charge on any atom is 0.242 e. The molecule has 0 saturated heterocycles. The zero-order chi connectivity index (χ0) is 12.7. The lowest BCUT2D eigenvalue weighted by Gasteiger charge is -2.12. The third kappa shape index (κ3) is 2.76. The summed E-state index contributed by atoms with van der Waals surface area (Å²) in [5, 5.41) is 0. The van der Waals surface area contributed by atoms with Gasteiger partial charge in [0.2, 0.25) is 10.0 Å². The van der Waals surface area contributed by atoms with Gasteiger partial charge in [-0.05, 0) is 36.5 Å². The van der Waals surface area contributed by atoms with Crippen molar-refractivity contribution in [1.29, 1.82) is 0 Å². The molecule has 4 nitrogen and oxygen atoms in total. The zero-order valence-electron chi connectivity index (χ0n) is 9.53. The molecule has 0 aliphatic heterocycles. The van der Waals surface area contributed by atoms with E-state index in [0.717, 1.165) is 25.0 Å². The second kappa shape index (κ2) is 3.96. The number of sulfonamides is 1. The van der Waals surface area contributed by atoms with Crippen LogP contribution >= 0.6 is 0 Å². The number of rotatable bonds is 4. The van der Waals surface area contributed by atoms with E-state index in [1.165, 1.54) is 6.07 Å². The van der Waals surface area contributed by atoms with Crippen LogP contribution in [-0.2, 0) is 10.0 Å². The summed E-state index contributed by atoms with van der Waals surface area (Å²) in [5.74, 6) is -0.614. The van der Waals surface area contributed by atoms with Crippen molar-refractivity contribution >= 4 is 15.7 Å². The van der Waals surface area contributed by atoms with Gasteiger partial charge in [-0.3, -0.25) is 0 Å². The summed E-state index contributed by atoms with van der Waals surface area (Å²) in [4.78, 5) is -0.193. The number of nitrogens with one attached hydrogen (secondary N) is 1. The molecule has 1 saturated carbocycles. The molecule has 0 heterocycles. The minimum Gasteiger partial charge on any atom is -0.398 e. The number of nitrogens with two attached hydrogens (primary N) is 1. The van der Waals surface area contributed by atoms with Crippen molar-refractivity contribution in [2.24, 2.45) is 5.41 Å².